The Morgan fingerprint density at radius 2 is 2.00 bits per heavy atom. The van der Waals surface area contributed by atoms with Crippen LogP contribution < -0.4 is 5.73 Å². The lowest BCUT2D eigenvalue weighted by Crippen LogP contribution is -2.33. The fraction of sp³-hybridized carbons (Fsp3) is 0.300. The first kappa shape index (κ1) is 11.1. The Labute approximate surface area is 88.3 Å². The van der Waals surface area contributed by atoms with Crippen LogP contribution in [0.5, 0.6) is 5.75 Å². The summed E-state index contributed by atoms with van der Waals surface area (Å²) in [4.78, 5) is 11.4. The molecule has 0 spiro atoms. The van der Waals surface area contributed by atoms with Gasteiger partial charge in [0.05, 0.1) is 6.04 Å². The van der Waals surface area contributed by atoms with Crippen molar-refractivity contribution in [2.75, 3.05) is 5.75 Å². The SMILES string of the molecule is N[C@H](CS)C(=O)Cc1ccc(O)cc1. The van der Waals surface area contributed by atoms with Crippen LogP contribution >= 0.6 is 12.6 Å². The van der Waals surface area contributed by atoms with Gasteiger partial charge in [0.15, 0.2) is 5.78 Å². The minimum Gasteiger partial charge on any atom is -0.508 e. The van der Waals surface area contributed by atoms with Gasteiger partial charge in [0.1, 0.15) is 5.75 Å². The number of aromatic hydroxyl groups is 1. The summed E-state index contributed by atoms with van der Waals surface area (Å²) in [6.07, 6.45) is 0.294. The van der Waals surface area contributed by atoms with Crippen LogP contribution in [0, 0.1) is 0 Å². The van der Waals surface area contributed by atoms with Crippen LogP contribution in [0.4, 0.5) is 0 Å². The van der Waals surface area contributed by atoms with Gasteiger partial charge in [-0.2, -0.15) is 12.6 Å². The quantitative estimate of drug-likeness (QED) is 0.644. The first-order valence-corrected chi connectivity index (χ1v) is 4.94. The number of phenols is 1. The van der Waals surface area contributed by atoms with Crippen molar-refractivity contribution in [3.05, 3.63) is 29.8 Å². The zero-order chi connectivity index (χ0) is 10.6. The van der Waals surface area contributed by atoms with Crippen molar-refractivity contribution in [3.63, 3.8) is 0 Å². The van der Waals surface area contributed by atoms with E-state index in [2.05, 4.69) is 12.6 Å². The zero-order valence-electron chi connectivity index (χ0n) is 7.68. The van der Waals surface area contributed by atoms with Crippen molar-refractivity contribution in [1.82, 2.24) is 0 Å². The minimum absolute atomic E-state index is 0.0364. The first-order chi connectivity index (χ1) is 6.63. The van der Waals surface area contributed by atoms with E-state index in [-0.39, 0.29) is 11.5 Å². The van der Waals surface area contributed by atoms with Crippen LogP contribution in [0.15, 0.2) is 24.3 Å². The number of ketones is 1. The van der Waals surface area contributed by atoms with Crippen LogP contribution in [0.1, 0.15) is 5.56 Å². The van der Waals surface area contributed by atoms with Crippen LogP contribution in [-0.2, 0) is 11.2 Å². The molecule has 1 aromatic rings. The monoisotopic (exact) mass is 211 g/mol. The summed E-state index contributed by atoms with van der Waals surface area (Å²) in [6.45, 7) is 0. The molecule has 0 aliphatic heterocycles. The Kier molecular flexibility index (Phi) is 3.98. The maximum atomic E-state index is 11.4. The molecular formula is C10H13NO2S. The molecule has 0 saturated heterocycles. The maximum Gasteiger partial charge on any atom is 0.154 e. The van der Waals surface area contributed by atoms with Gasteiger partial charge in [-0.1, -0.05) is 12.1 Å². The molecule has 0 radical (unpaired) electrons. The molecule has 0 unspecified atom stereocenters. The van der Waals surface area contributed by atoms with Gasteiger partial charge in [0, 0.05) is 12.2 Å². The summed E-state index contributed by atoms with van der Waals surface area (Å²) in [5.41, 5.74) is 6.37. The summed E-state index contributed by atoms with van der Waals surface area (Å²) in [5.74, 6) is 0.516. The van der Waals surface area contributed by atoms with Gasteiger partial charge in [-0.15, -0.1) is 0 Å². The molecule has 1 aromatic carbocycles. The van der Waals surface area contributed by atoms with Crippen molar-refractivity contribution < 1.29 is 9.90 Å². The molecular weight excluding hydrogens is 198 g/mol. The summed E-state index contributed by atoms with van der Waals surface area (Å²) >= 11 is 3.95. The second kappa shape index (κ2) is 5.02. The smallest absolute Gasteiger partial charge is 0.154 e. The van der Waals surface area contributed by atoms with Crippen molar-refractivity contribution >= 4 is 18.4 Å². The molecule has 0 amide bonds. The molecule has 0 bridgehead atoms. The number of carbonyl (C=O) groups excluding carboxylic acids is 1. The third-order valence-electron chi connectivity index (χ3n) is 1.92. The van der Waals surface area contributed by atoms with Crippen molar-refractivity contribution in [1.29, 1.82) is 0 Å². The van der Waals surface area contributed by atoms with E-state index in [4.69, 9.17) is 10.8 Å². The Balaban J connectivity index is 2.60. The number of thiol groups is 1. The fourth-order valence-corrected chi connectivity index (χ4v) is 1.25. The lowest BCUT2D eigenvalue weighted by Gasteiger charge is -2.06. The van der Waals surface area contributed by atoms with E-state index in [1.54, 1.807) is 24.3 Å². The standard InChI is InChI=1S/C10H13NO2S/c11-9(6-14)10(13)5-7-1-3-8(12)4-2-7/h1-4,9,12,14H,5-6,11H2/t9-/m1/s1. The zero-order valence-corrected chi connectivity index (χ0v) is 8.58. The third kappa shape index (κ3) is 3.05. The summed E-state index contributed by atoms with van der Waals surface area (Å²) in [7, 11) is 0. The Hall–Kier alpha value is -1.00. The average Bonchev–Trinajstić information content (AvgIpc) is 2.20. The minimum atomic E-state index is -0.507. The molecule has 0 saturated carbocycles. The van der Waals surface area contributed by atoms with E-state index in [9.17, 15) is 4.79 Å². The highest BCUT2D eigenvalue weighted by molar-refractivity contribution is 7.80. The van der Waals surface area contributed by atoms with E-state index in [0.29, 0.717) is 12.2 Å². The highest BCUT2D eigenvalue weighted by Gasteiger charge is 2.11. The molecule has 1 atom stereocenters. The van der Waals surface area contributed by atoms with Crippen LogP contribution in [0.2, 0.25) is 0 Å². The molecule has 76 valence electrons. The molecule has 3 N–H and O–H groups in total. The predicted octanol–water partition coefficient (Wildman–Crippen LogP) is 0.761. The molecule has 4 heteroatoms. The average molecular weight is 211 g/mol. The summed E-state index contributed by atoms with van der Waals surface area (Å²) in [5, 5.41) is 9.02. The Morgan fingerprint density at radius 1 is 1.43 bits per heavy atom. The number of benzene rings is 1. The van der Waals surface area contributed by atoms with Crippen molar-refractivity contribution in [2.24, 2.45) is 5.73 Å². The molecule has 14 heavy (non-hydrogen) atoms. The molecule has 3 nitrogen and oxygen atoms in total. The van der Waals surface area contributed by atoms with Gasteiger partial charge < -0.3 is 10.8 Å². The molecule has 0 aliphatic carbocycles. The van der Waals surface area contributed by atoms with E-state index in [1.165, 1.54) is 0 Å². The number of hydrogen-bond acceptors (Lipinski definition) is 4. The third-order valence-corrected chi connectivity index (χ3v) is 2.32. The molecule has 0 heterocycles. The number of rotatable bonds is 4. The van der Waals surface area contributed by atoms with E-state index in [0.717, 1.165) is 5.56 Å². The molecule has 0 aliphatic rings. The highest BCUT2D eigenvalue weighted by Crippen LogP contribution is 2.10. The maximum absolute atomic E-state index is 11.4. The van der Waals surface area contributed by atoms with Crippen LogP contribution in [0.3, 0.4) is 0 Å². The van der Waals surface area contributed by atoms with Gasteiger partial charge in [-0.05, 0) is 17.7 Å². The van der Waals surface area contributed by atoms with Gasteiger partial charge in [0.2, 0.25) is 0 Å². The predicted molar refractivity (Wildman–Crippen MR) is 58.6 cm³/mol. The number of carbonyl (C=O) groups is 1. The fourth-order valence-electron chi connectivity index (χ4n) is 1.05. The Bertz CT molecular complexity index is 310. The van der Waals surface area contributed by atoms with Gasteiger partial charge in [-0.3, -0.25) is 4.79 Å². The van der Waals surface area contributed by atoms with Crippen molar-refractivity contribution in [3.8, 4) is 5.75 Å². The molecule has 0 fully saturated rings. The highest BCUT2D eigenvalue weighted by atomic mass is 32.1. The number of phenolic OH excluding ortho intramolecular Hbond substituents is 1. The topological polar surface area (TPSA) is 63.3 Å². The van der Waals surface area contributed by atoms with Crippen LogP contribution in [0.25, 0.3) is 0 Å². The number of hydrogen-bond donors (Lipinski definition) is 3. The van der Waals surface area contributed by atoms with E-state index in [1.807, 2.05) is 0 Å². The summed E-state index contributed by atoms with van der Waals surface area (Å²) in [6, 6.07) is 6.01. The second-order valence-electron chi connectivity index (χ2n) is 3.10. The first-order valence-electron chi connectivity index (χ1n) is 4.30. The van der Waals surface area contributed by atoms with E-state index < -0.39 is 6.04 Å². The summed E-state index contributed by atoms with van der Waals surface area (Å²) < 4.78 is 0. The van der Waals surface area contributed by atoms with Gasteiger partial charge in [0.25, 0.3) is 0 Å². The van der Waals surface area contributed by atoms with Gasteiger partial charge in [-0.25, -0.2) is 0 Å². The largest absolute Gasteiger partial charge is 0.508 e. The molecule has 1 rings (SSSR count). The van der Waals surface area contributed by atoms with Crippen LogP contribution in [-0.4, -0.2) is 22.7 Å². The second-order valence-corrected chi connectivity index (χ2v) is 3.46. The number of nitrogens with two attached hydrogens (primary N) is 1. The van der Waals surface area contributed by atoms with Crippen molar-refractivity contribution in [2.45, 2.75) is 12.5 Å². The lowest BCUT2D eigenvalue weighted by atomic mass is 10.1. The normalized spacial score (nSPS) is 12.4. The Morgan fingerprint density at radius 3 is 2.50 bits per heavy atom. The van der Waals surface area contributed by atoms with Gasteiger partial charge >= 0.3 is 0 Å². The lowest BCUT2D eigenvalue weighted by molar-refractivity contribution is -0.119. The van der Waals surface area contributed by atoms with E-state index >= 15 is 0 Å². The molecule has 0 aromatic heterocycles. The number of Topliss-reactive ketones (excluding diaryl/α,β-unsaturated/α-hetero) is 1.